The van der Waals surface area contributed by atoms with Crippen molar-refractivity contribution in [3.63, 3.8) is 0 Å². The minimum absolute atomic E-state index is 0.116. The minimum Gasteiger partial charge on any atom is -0.479 e. The normalized spacial score (nSPS) is 15.7. The van der Waals surface area contributed by atoms with Crippen molar-refractivity contribution in [2.75, 3.05) is 0 Å². The fourth-order valence-electron chi connectivity index (χ4n) is 3.38. The van der Waals surface area contributed by atoms with Crippen LogP contribution < -0.4 is 0 Å². The highest BCUT2D eigenvalue weighted by atomic mass is 16.6. The molecule has 2 aromatic rings. The summed E-state index contributed by atoms with van der Waals surface area (Å²) >= 11 is 0. The summed E-state index contributed by atoms with van der Waals surface area (Å²) in [6.45, 7) is 5.87. The molecular weight excluding hydrogens is 354 g/mol. The summed E-state index contributed by atoms with van der Waals surface area (Å²) in [5, 5.41) is 10.1. The average molecular weight is 381 g/mol. The molecule has 0 heterocycles. The summed E-state index contributed by atoms with van der Waals surface area (Å²) in [4.78, 5) is 26.7. The average Bonchev–Trinajstić information content (AvgIpc) is 3.52. The Bertz CT molecular complexity index is 827. The van der Waals surface area contributed by atoms with Crippen LogP contribution in [0.4, 0.5) is 4.79 Å². The molecule has 3 rings (SSSR count). The molecule has 0 bridgehead atoms. The topological polar surface area (TPSA) is 66.8 Å². The van der Waals surface area contributed by atoms with Gasteiger partial charge in [0.15, 0.2) is 5.54 Å². The summed E-state index contributed by atoms with van der Waals surface area (Å²) in [5.74, 6) is -0.714. The quantitative estimate of drug-likeness (QED) is 0.740. The van der Waals surface area contributed by atoms with Gasteiger partial charge in [-0.15, -0.1) is 0 Å². The molecule has 1 atom stereocenters. The first-order chi connectivity index (χ1) is 13.3. The monoisotopic (exact) mass is 381 g/mol. The lowest BCUT2D eigenvalue weighted by Gasteiger charge is -2.38. The number of carbonyl (C=O) groups excluding carboxylic acids is 1. The first-order valence-electron chi connectivity index (χ1n) is 9.68. The molecule has 1 unspecified atom stereocenters. The van der Waals surface area contributed by atoms with Crippen LogP contribution in [-0.4, -0.2) is 28.1 Å². The van der Waals surface area contributed by atoms with Gasteiger partial charge in [0.25, 0.3) is 0 Å². The van der Waals surface area contributed by atoms with E-state index in [1.54, 1.807) is 6.92 Å². The second kappa shape index (κ2) is 8.05. The maximum atomic E-state index is 12.9. The SMILES string of the molecule is CC(C)c1ccc(C(C)(C(=O)O)N(C(=O)OCc2ccccc2)C2CC2)cc1. The molecule has 5 nitrogen and oxygen atoms in total. The van der Waals surface area contributed by atoms with Crippen molar-refractivity contribution >= 4 is 12.1 Å². The third kappa shape index (κ3) is 4.03. The number of hydrogen-bond acceptors (Lipinski definition) is 3. The Hall–Kier alpha value is -2.82. The number of benzene rings is 2. The number of carbonyl (C=O) groups is 2. The Kier molecular flexibility index (Phi) is 5.73. The smallest absolute Gasteiger partial charge is 0.411 e. The molecule has 1 N–H and O–H groups in total. The van der Waals surface area contributed by atoms with Gasteiger partial charge in [0.1, 0.15) is 6.61 Å². The minimum atomic E-state index is -1.48. The number of rotatable bonds is 7. The number of hydrogen-bond donors (Lipinski definition) is 1. The third-order valence-electron chi connectivity index (χ3n) is 5.35. The number of nitrogens with zero attached hydrogens (tertiary/aromatic N) is 1. The van der Waals surface area contributed by atoms with Gasteiger partial charge in [0, 0.05) is 6.04 Å². The number of carboxylic acid groups (broad SMARTS) is 1. The Morgan fingerprint density at radius 3 is 2.21 bits per heavy atom. The predicted octanol–water partition coefficient (Wildman–Crippen LogP) is 4.91. The van der Waals surface area contributed by atoms with E-state index in [0.29, 0.717) is 11.5 Å². The van der Waals surface area contributed by atoms with E-state index in [1.165, 1.54) is 4.90 Å². The molecule has 2 aromatic carbocycles. The maximum absolute atomic E-state index is 12.9. The summed E-state index contributed by atoms with van der Waals surface area (Å²) in [6.07, 6.45) is 0.977. The lowest BCUT2D eigenvalue weighted by Crippen LogP contribution is -2.54. The molecule has 0 saturated heterocycles. The first-order valence-corrected chi connectivity index (χ1v) is 9.68. The van der Waals surface area contributed by atoms with E-state index in [1.807, 2.05) is 54.6 Å². The Labute approximate surface area is 165 Å². The van der Waals surface area contributed by atoms with Crippen molar-refractivity contribution < 1.29 is 19.4 Å². The Morgan fingerprint density at radius 1 is 1.11 bits per heavy atom. The standard InChI is InChI=1S/C23H27NO4/c1-16(2)18-9-11-19(12-10-18)23(3,21(25)26)24(20-13-14-20)22(27)28-15-17-7-5-4-6-8-17/h4-12,16,20H,13-15H2,1-3H3,(H,25,26). The second-order valence-electron chi connectivity index (χ2n) is 7.80. The molecule has 1 aliphatic carbocycles. The van der Waals surface area contributed by atoms with Crippen LogP contribution in [0, 0.1) is 0 Å². The second-order valence-corrected chi connectivity index (χ2v) is 7.80. The lowest BCUT2D eigenvalue weighted by molar-refractivity contribution is -0.150. The molecule has 28 heavy (non-hydrogen) atoms. The van der Waals surface area contributed by atoms with Crippen LogP contribution in [0.1, 0.15) is 56.2 Å². The summed E-state index contributed by atoms with van der Waals surface area (Å²) in [7, 11) is 0. The highest BCUT2D eigenvalue weighted by Gasteiger charge is 2.51. The fraction of sp³-hybridized carbons (Fsp3) is 0.391. The van der Waals surface area contributed by atoms with E-state index in [4.69, 9.17) is 4.74 Å². The Balaban J connectivity index is 1.87. The van der Waals surface area contributed by atoms with Crippen molar-refractivity contribution in [2.45, 2.75) is 57.7 Å². The van der Waals surface area contributed by atoms with E-state index >= 15 is 0 Å². The van der Waals surface area contributed by atoms with Crippen LogP contribution in [0.5, 0.6) is 0 Å². The van der Waals surface area contributed by atoms with Gasteiger partial charge in [-0.25, -0.2) is 9.59 Å². The van der Waals surface area contributed by atoms with Gasteiger partial charge >= 0.3 is 12.1 Å². The molecule has 1 fully saturated rings. The summed E-state index contributed by atoms with van der Waals surface area (Å²) in [6, 6.07) is 16.7. The van der Waals surface area contributed by atoms with Gasteiger partial charge in [0.2, 0.25) is 0 Å². The Morgan fingerprint density at radius 2 is 1.71 bits per heavy atom. The van der Waals surface area contributed by atoms with Crippen LogP contribution in [0.25, 0.3) is 0 Å². The zero-order chi connectivity index (χ0) is 20.3. The first kappa shape index (κ1) is 19.9. The van der Waals surface area contributed by atoms with Gasteiger partial charge in [0.05, 0.1) is 0 Å². The molecule has 1 amide bonds. The van der Waals surface area contributed by atoms with Gasteiger partial charge in [-0.1, -0.05) is 68.4 Å². The van der Waals surface area contributed by atoms with Crippen LogP contribution in [0.3, 0.4) is 0 Å². The van der Waals surface area contributed by atoms with Crippen LogP contribution in [0.15, 0.2) is 54.6 Å². The van der Waals surface area contributed by atoms with Gasteiger partial charge in [-0.05, 0) is 42.4 Å². The molecular formula is C23H27NO4. The van der Waals surface area contributed by atoms with E-state index in [9.17, 15) is 14.7 Å². The molecule has 148 valence electrons. The van der Waals surface area contributed by atoms with Crippen LogP contribution in [0.2, 0.25) is 0 Å². The van der Waals surface area contributed by atoms with Crippen molar-refractivity contribution in [1.82, 2.24) is 4.90 Å². The van der Waals surface area contributed by atoms with E-state index < -0.39 is 17.6 Å². The van der Waals surface area contributed by atoms with Crippen molar-refractivity contribution in [3.05, 3.63) is 71.3 Å². The highest BCUT2D eigenvalue weighted by Crippen LogP contribution is 2.40. The number of amides is 1. The highest BCUT2D eigenvalue weighted by molar-refractivity contribution is 5.86. The van der Waals surface area contributed by atoms with E-state index in [0.717, 1.165) is 24.0 Å². The summed E-state index contributed by atoms with van der Waals surface area (Å²) in [5.41, 5.74) is 1.09. The molecule has 1 aliphatic rings. The van der Waals surface area contributed by atoms with Gasteiger partial charge in [-0.3, -0.25) is 4.90 Å². The van der Waals surface area contributed by atoms with Crippen LogP contribution >= 0.6 is 0 Å². The van der Waals surface area contributed by atoms with E-state index in [-0.39, 0.29) is 12.6 Å². The molecule has 0 aliphatic heterocycles. The van der Waals surface area contributed by atoms with Gasteiger partial charge < -0.3 is 9.84 Å². The van der Waals surface area contributed by atoms with E-state index in [2.05, 4.69) is 13.8 Å². The van der Waals surface area contributed by atoms with Crippen molar-refractivity contribution in [1.29, 1.82) is 0 Å². The number of ether oxygens (including phenoxy) is 1. The van der Waals surface area contributed by atoms with Crippen LogP contribution in [-0.2, 0) is 21.7 Å². The lowest BCUT2D eigenvalue weighted by atomic mass is 9.88. The zero-order valence-electron chi connectivity index (χ0n) is 16.6. The molecule has 1 saturated carbocycles. The largest absolute Gasteiger partial charge is 0.479 e. The van der Waals surface area contributed by atoms with Crippen molar-refractivity contribution in [2.24, 2.45) is 0 Å². The number of carboxylic acids is 1. The molecule has 0 spiro atoms. The third-order valence-corrected chi connectivity index (χ3v) is 5.35. The number of aliphatic carboxylic acids is 1. The maximum Gasteiger partial charge on any atom is 0.411 e. The summed E-state index contributed by atoms with van der Waals surface area (Å²) < 4.78 is 5.49. The fourth-order valence-corrected chi connectivity index (χ4v) is 3.38. The predicted molar refractivity (Wildman–Crippen MR) is 107 cm³/mol. The molecule has 0 radical (unpaired) electrons. The zero-order valence-corrected chi connectivity index (χ0v) is 16.6. The molecule has 5 heteroatoms. The van der Waals surface area contributed by atoms with Crippen molar-refractivity contribution in [3.8, 4) is 0 Å². The molecule has 0 aromatic heterocycles. The van der Waals surface area contributed by atoms with Gasteiger partial charge in [-0.2, -0.15) is 0 Å².